The average Bonchev–Trinajstić information content (AvgIpc) is 2.27. The molecule has 1 N–H and O–H groups in total. The van der Waals surface area contributed by atoms with Gasteiger partial charge in [0.2, 0.25) is 0 Å². The molecule has 0 aliphatic heterocycles. The summed E-state index contributed by atoms with van der Waals surface area (Å²) in [5.41, 5.74) is 0.218. The summed E-state index contributed by atoms with van der Waals surface area (Å²) < 4.78 is 35.5. The SMILES string of the molecule is O=C(NCCCCC(F)(F)F)c1cnccc1Cl. The minimum Gasteiger partial charge on any atom is -0.352 e. The molecule has 0 aromatic carbocycles. The molecule has 7 heteroatoms. The highest BCUT2D eigenvalue weighted by Gasteiger charge is 2.25. The lowest BCUT2D eigenvalue weighted by atomic mass is 10.2. The number of hydrogen-bond acceptors (Lipinski definition) is 2. The molecule has 0 aliphatic rings. The predicted molar refractivity (Wildman–Crippen MR) is 61.5 cm³/mol. The molecule has 1 aromatic heterocycles. The largest absolute Gasteiger partial charge is 0.389 e. The van der Waals surface area contributed by atoms with Crippen LogP contribution in [-0.4, -0.2) is 23.6 Å². The normalized spacial score (nSPS) is 11.3. The van der Waals surface area contributed by atoms with Crippen LogP contribution in [0.2, 0.25) is 5.02 Å². The summed E-state index contributed by atoms with van der Waals surface area (Å²) in [6.07, 6.45) is -1.96. The molecule has 1 rings (SSSR count). The lowest BCUT2D eigenvalue weighted by Crippen LogP contribution is -2.25. The topological polar surface area (TPSA) is 42.0 Å². The zero-order valence-corrected chi connectivity index (χ0v) is 10.2. The molecule has 0 saturated carbocycles. The van der Waals surface area contributed by atoms with E-state index >= 15 is 0 Å². The Kier molecular flexibility index (Phi) is 5.40. The van der Waals surface area contributed by atoms with E-state index in [1.165, 1.54) is 18.5 Å². The van der Waals surface area contributed by atoms with Crippen LogP contribution in [0.25, 0.3) is 0 Å². The number of carbonyl (C=O) groups is 1. The van der Waals surface area contributed by atoms with E-state index in [1.54, 1.807) is 0 Å². The van der Waals surface area contributed by atoms with Crippen molar-refractivity contribution in [1.82, 2.24) is 10.3 Å². The molecule has 1 amide bonds. The highest BCUT2D eigenvalue weighted by molar-refractivity contribution is 6.33. The van der Waals surface area contributed by atoms with E-state index in [2.05, 4.69) is 10.3 Å². The van der Waals surface area contributed by atoms with E-state index < -0.39 is 18.5 Å². The number of hydrogen-bond donors (Lipinski definition) is 1. The van der Waals surface area contributed by atoms with Crippen molar-refractivity contribution in [2.24, 2.45) is 0 Å². The van der Waals surface area contributed by atoms with E-state index in [9.17, 15) is 18.0 Å². The number of amides is 1. The van der Waals surface area contributed by atoms with Crippen LogP contribution >= 0.6 is 11.6 Å². The van der Waals surface area contributed by atoms with Crippen molar-refractivity contribution in [2.45, 2.75) is 25.4 Å². The lowest BCUT2D eigenvalue weighted by Gasteiger charge is -2.07. The number of halogens is 4. The Labute approximate surface area is 107 Å². The van der Waals surface area contributed by atoms with Crippen molar-refractivity contribution >= 4 is 17.5 Å². The summed E-state index contributed by atoms with van der Waals surface area (Å²) in [4.78, 5) is 15.3. The van der Waals surface area contributed by atoms with Crippen molar-refractivity contribution in [3.05, 3.63) is 29.0 Å². The Morgan fingerprint density at radius 3 is 2.72 bits per heavy atom. The van der Waals surface area contributed by atoms with Crippen LogP contribution in [0.4, 0.5) is 13.2 Å². The van der Waals surface area contributed by atoms with Crippen molar-refractivity contribution in [3.63, 3.8) is 0 Å². The first-order chi connectivity index (χ1) is 8.40. The van der Waals surface area contributed by atoms with Gasteiger partial charge in [-0.05, 0) is 18.9 Å². The van der Waals surface area contributed by atoms with Gasteiger partial charge < -0.3 is 5.32 Å². The molecule has 0 atom stereocenters. The average molecular weight is 281 g/mol. The third kappa shape index (κ3) is 5.35. The molecule has 0 aliphatic carbocycles. The van der Waals surface area contributed by atoms with Gasteiger partial charge in [0, 0.05) is 25.4 Å². The molecule has 18 heavy (non-hydrogen) atoms. The molecular weight excluding hydrogens is 269 g/mol. The molecular formula is C11H12ClF3N2O. The van der Waals surface area contributed by atoms with Gasteiger partial charge in [-0.1, -0.05) is 11.6 Å². The van der Waals surface area contributed by atoms with Gasteiger partial charge in [0.15, 0.2) is 0 Å². The van der Waals surface area contributed by atoms with Crippen molar-refractivity contribution in [1.29, 1.82) is 0 Å². The van der Waals surface area contributed by atoms with Crippen molar-refractivity contribution in [2.75, 3.05) is 6.54 Å². The molecule has 0 unspecified atom stereocenters. The number of rotatable bonds is 5. The number of unbranched alkanes of at least 4 members (excludes halogenated alkanes) is 1. The number of nitrogens with zero attached hydrogens (tertiary/aromatic N) is 1. The summed E-state index contributed by atoms with van der Waals surface area (Å²) in [6.45, 7) is 0.181. The number of aromatic nitrogens is 1. The van der Waals surface area contributed by atoms with Crippen LogP contribution in [0.5, 0.6) is 0 Å². The molecule has 100 valence electrons. The molecule has 1 heterocycles. The molecule has 3 nitrogen and oxygen atoms in total. The first-order valence-corrected chi connectivity index (χ1v) is 5.72. The number of pyridine rings is 1. The quantitative estimate of drug-likeness (QED) is 0.842. The molecule has 0 radical (unpaired) electrons. The van der Waals surface area contributed by atoms with Crippen LogP contribution in [-0.2, 0) is 0 Å². The van der Waals surface area contributed by atoms with Crippen LogP contribution in [0.1, 0.15) is 29.6 Å². The number of nitrogens with one attached hydrogen (secondary N) is 1. The summed E-state index contributed by atoms with van der Waals surface area (Å²) in [7, 11) is 0. The second-order valence-electron chi connectivity index (χ2n) is 3.68. The van der Waals surface area contributed by atoms with Crippen LogP contribution in [0.15, 0.2) is 18.5 Å². The monoisotopic (exact) mass is 280 g/mol. The van der Waals surface area contributed by atoms with E-state index in [0.29, 0.717) is 0 Å². The third-order valence-electron chi connectivity index (χ3n) is 2.19. The van der Waals surface area contributed by atoms with Gasteiger partial charge in [0.05, 0.1) is 10.6 Å². The Balaban J connectivity index is 2.28. The van der Waals surface area contributed by atoms with E-state index in [-0.39, 0.29) is 30.0 Å². The maximum atomic E-state index is 11.8. The maximum Gasteiger partial charge on any atom is 0.389 e. The van der Waals surface area contributed by atoms with E-state index in [0.717, 1.165) is 0 Å². The summed E-state index contributed by atoms with van der Waals surface area (Å²) in [5, 5.41) is 2.76. The summed E-state index contributed by atoms with van der Waals surface area (Å²) in [6, 6.07) is 1.47. The number of alkyl halides is 3. The van der Waals surface area contributed by atoms with Gasteiger partial charge in [-0.15, -0.1) is 0 Å². The van der Waals surface area contributed by atoms with E-state index in [4.69, 9.17) is 11.6 Å². The second kappa shape index (κ2) is 6.58. The summed E-state index contributed by atoms with van der Waals surface area (Å²) in [5.74, 6) is -0.430. The summed E-state index contributed by atoms with van der Waals surface area (Å²) >= 11 is 5.77. The molecule has 0 saturated heterocycles. The van der Waals surface area contributed by atoms with Gasteiger partial charge in [-0.25, -0.2) is 0 Å². The Bertz CT molecular complexity index is 410. The number of carbonyl (C=O) groups excluding carboxylic acids is 1. The van der Waals surface area contributed by atoms with Crippen LogP contribution in [0.3, 0.4) is 0 Å². The van der Waals surface area contributed by atoms with Crippen molar-refractivity contribution < 1.29 is 18.0 Å². The third-order valence-corrected chi connectivity index (χ3v) is 2.51. The highest BCUT2D eigenvalue weighted by Crippen LogP contribution is 2.21. The highest BCUT2D eigenvalue weighted by atomic mass is 35.5. The van der Waals surface area contributed by atoms with Gasteiger partial charge in [0.1, 0.15) is 0 Å². The van der Waals surface area contributed by atoms with Gasteiger partial charge in [-0.2, -0.15) is 13.2 Å². The molecule has 0 bridgehead atoms. The lowest BCUT2D eigenvalue weighted by molar-refractivity contribution is -0.135. The first-order valence-electron chi connectivity index (χ1n) is 5.34. The smallest absolute Gasteiger partial charge is 0.352 e. The zero-order chi connectivity index (χ0) is 13.6. The Morgan fingerprint density at radius 2 is 2.11 bits per heavy atom. The molecule has 1 aromatic rings. The fourth-order valence-electron chi connectivity index (χ4n) is 1.29. The molecule has 0 fully saturated rings. The van der Waals surface area contributed by atoms with Crippen LogP contribution in [0, 0.1) is 0 Å². The van der Waals surface area contributed by atoms with E-state index in [1.807, 2.05) is 0 Å². The first kappa shape index (κ1) is 14.8. The van der Waals surface area contributed by atoms with Crippen molar-refractivity contribution in [3.8, 4) is 0 Å². The maximum absolute atomic E-state index is 11.8. The Morgan fingerprint density at radius 1 is 1.39 bits per heavy atom. The van der Waals surface area contributed by atoms with Crippen LogP contribution < -0.4 is 5.32 Å². The molecule has 0 spiro atoms. The predicted octanol–water partition coefficient (Wildman–Crippen LogP) is 3.20. The van der Waals surface area contributed by atoms with Gasteiger partial charge in [-0.3, -0.25) is 9.78 Å². The second-order valence-corrected chi connectivity index (χ2v) is 4.09. The minimum absolute atomic E-state index is 0.00937. The zero-order valence-electron chi connectivity index (χ0n) is 9.43. The fourth-order valence-corrected chi connectivity index (χ4v) is 1.48. The Hall–Kier alpha value is -1.30. The fraction of sp³-hybridized carbons (Fsp3) is 0.455. The standard InChI is InChI=1S/C11H12ClF3N2O/c12-9-3-6-16-7-8(9)10(18)17-5-2-1-4-11(13,14)15/h3,6-7H,1-2,4-5H2,(H,17,18). The van der Waals surface area contributed by atoms with Gasteiger partial charge in [0.25, 0.3) is 5.91 Å². The minimum atomic E-state index is -4.14. The van der Waals surface area contributed by atoms with Gasteiger partial charge >= 0.3 is 6.18 Å².